The van der Waals surface area contributed by atoms with Crippen LogP contribution < -0.4 is 0 Å². The van der Waals surface area contributed by atoms with Crippen molar-refractivity contribution >= 4 is 0 Å². The minimum Gasteiger partial charge on any atom is -0.328 e. The van der Waals surface area contributed by atoms with Crippen LogP contribution in [-0.4, -0.2) is 17.0 Å². The topological polar surface area (TPSA) is 18.5 Å². The fourth-order valence-electron chi connectivity index (χ4n) is 1.53. The van der Waals surface area contributed by atoms with Crippen molar-refractivity contribution in [1.82, 2.24) is 0 Å². The highest BCUT2D eigenvalue weighted by molar-refractivity contribution is 5.29. The molecule has 1 aliphatic heterocycles. The molecule has 0 N–H and O–H groups in total. The minimum absolute atomic E-state index is 0.720. The largest absolute Gasteiger partial charge is 0.328 e. The van der Waals surface area contributed by atoms with Crippen molar-refractivity contribution < 1.29 is 9.47 Å². The maximum absolute atomic E-state index is 5.59. The van der Waals surface area contributed by atoms with Crippen LogP contribution in [0.4, 0.5) is 0 Å². The second-order valence-electron chi connectivity index (χ2n) is 3.96. The summed E-state index contributed by atoms with van der Waals surface area (Å²) < 4.78 is 11.2. The van der Waals surface area contributed by atoms with Gasteiger partial charge in [-0.05, 0) is 27.7 Å². The van der Waals surface area contributed by atoms with E-state index in [-0.39, 0.29) is 0 Å². The van der Waals surface area contributed by atoms with Gasteiger partial charge in [-0.3, -0.25) is 0 Å². The predicted octanol–water partition coefficient (Wildman–Crippen LogP) is 1.55. The number of hydrogen-bond donors (Lipinski definition) is 0. The van der Waals surface area contributed by atoms with E-state index in [1.54, 1.807) is 27.7 Å². The van der Waals surface area contributed by atoms with E-state index < -0.39 is 17.0 Å². The molecule has 0 spiro atoms. The Morgan fingerprint density at radius 3 is 1.38 bits per heavy atom. The molecule has 0 bridgehead atoms. The molecule has 0 aliphatic carbocycles. The molecule has 0 radical (unpaired) electrons. The molecule has 13 heavy (non-hydrogen) atoms. The van der Waals surface area contributed by atoms with Gasteiger partial charge in [0, 0.05) is 0 Å². The molecular formula is C11H14O2. The van der Waals surface area contributed by atoms with Gasteiger partial charge in [-0.25, -0.2) is 0 Å². The van der Waals surface area contributed by atoms with Gasteiger partial charge in [-0.2, -0.15) is 0 Å². The number of rotatable bonds is 0. The Bertz CT molecular complexity index is 275. The molecular weight excluding hydrogens is 164 g/mol. The van der Waals surface area contributed by atoms with E-state index in [4.69, 9.17) is 22.3 Å². The zero-order valence-corrected chi connectivity index (χ0v) is 8.47. The molecule has 1 saturated heterocycles. The quantitative estimate of drug-likeness (QED) is 0.524. The second-order valence-corrected chi connectivity index (χ2v) is 3.96. The van der Waals surface area contributed by atoms with Crippen molar-refractivity contribution in [3.63, 3.8) is 0 Å². The van der Waals surface area contributed by atoms with Crippen molar-refractivity contribution in [2.24, 2.45) is 0 Å². The lowest BCUT2D eigenvalue weighted by Gasteiger charge is -2.27. The van der Waals surface area contributed by atoms with Crippen molar-refractivity contribution in [2.75, 3.05) is 0 Å². The zero-order chi connectivity index (χ0) is 10.3. The van der Waals surface area contributed by atoms with Crippen LogP contribution in [-0.2, 0) is 9.47 Å². The van der Waals surface area contributed by atoms with E-state index in [9.17, 15) is 0 Å². The molecule has 1 aliphatic rings. The first-order valence-electron chi connectivity index (χ1n) is 4.14. The highest BCUT2D eigenvalue weighted by Gasteiger charge is 2.57. The van der Waals surface area contributed by atoms with E-state index in [2.05, 4.69) is 11.8 Å². The first-order valence-corrected chi connectivity index (χ1v) is 4.14. The monoisotopic (exact) mass is 178 g/mol. The van der Waals surface area contributed by atoms with Gasteiger partial charge in [0.2, 0.25) is 0 Å². The van der Waals surface area contributed by atoms with Gasteiger partial charge in [-0.15, -0.1) is 12.8 Å². The van der Waals surface area contributed by atoms with Crippen molar-refractivity contribution in [1.29, 1.82) is 0 Å². The fraction of sp³-hybridized carbons (Fsp3) is 0.636. The molecule has 1 heterocycles. The van der Waals surface area contributed by atoms with Crippen LogP contribution in [0.15, 0.2) is 0 Å². The highest BCUT2D eigenvalue weighted by atomic mass is 16.8. The van der Waals surface area contributed by atoms with Crippen LogP contribution in [0.3, 0.4) is 0 Å². The summed E-state index contributed by atoms with van der Waals surface area (Å²) in [5, 5.41) is 0. The molecule has 2 heteroatoms. The van der Waals surface area contributed by atoms with Gasteiger partial charge in [0.25, 0.3) is 0 Å². The van der Waals surface area contributed by atoms with Crippen molar-refractivity contribution in [3.05, 3.63) is 0 Å². The molecule has 0 amide bonds. The molecule has 1 rings (SSSR count). The molecule has 0 aromatic rings. The molecule has 0 aromatic heterocycles. The van der Waals surface area contributed by atoms with E-state index >= 15 is 0 Å². The number of ether oxygens (including phenoxy) is 2. The normalized spacial score (nSPS) is 42.3. The predicted molar refractivity (Wildman–Crippen MR) is 50.7 cm³/mol. The van der Waals surface area contributed by atoms with Crippen molar-refractivity contribution in [3.8, 4) is 24.7 Å². The Labute approximate surface area is 79.6 Å². The molecule has 2 nitrogen and oxygen atoms in total. The van der Waals surface area contributed by atoms with E-state index in [1.807, 2.05) is 0 Å². The lowest BCUT2D eigenvalue weighted by atomic mass is 9.88. The SMILES string of the molecule is C#C[C@@]1(C)OC(C)(C)O[C@@]1(C)C#C. The molecule has 0 saturated carbocycles. The van der Waals surface area contributed by atoms with E-state index in [0.29, 0.717) is 0 Å². The van der Waals surface area contributed by atoms with Gasteiger partial charge >= 0.3 is 0 Å². The first kappa shape index (κ1) is 10.1. The third-order valence-electron chi connectivity index (χ3n) is 2.36. The Morgan fingerprint density at radius 1 is 0.846 bits per heavy atom. The highest BCUT2D eigenvalue weighted by Crippen LogP contribution is 2.43. The summed E-state index contributed by atoms with van der Waals surface area (Å²) >= 11 is 0. The van der Waals surface area contributed by atoms with Gasteiger partial charge in [-0.1, -0.05) is 11.8 Å². The molecule has 70 valence electrons. The Morgan fingerprint density at radius 2 is 1.15 bits per heavy atom. The molecule has 2 atom stereocenters. The number of terminal acetylenes is 2. The van der Waals surface area contributed by atoms with Gasteiger partial charge < -0.3 is 9.47 Å². The average Bonchev–Trinajstić information content (AvgIpc) is 2.19. The molecule has 0 unspecified atom stereocenters. The summed E-state index contributed by atoms with van der Waals surface area (Å²) in [5.74, 6) is 4.38. The fourth-order valence-corrected chi connectivity index (χ4v) is 1.53. The summed E-state index contributed by atoms with van der Waals surface area (Å²) in [6.07, 6.45) is 10.8. The van der Waals surface area contributed by atoms with Crippen LogP contribution in [0, 0.1) is 24.7 Å². The third-order valence-corrected chi connectivity index (χ3v) is 2.36. The van der Waals surface area contributed by atoms with Crippen LogP contribution in [0.1, 0.15) is 27.7 Å². The Balaban J connectivity index is 3.15. The van der Waals surface area contributed by atoms with Crippen LogP contribution in [0.5, 0.6) is 0 Å². The summed E-state index contributed by atoms with van der Waals surface area (Å²) in [4.78, 5) is 0. The smallest absolute Gasteiger partial charge is 0.168 e. The Kier molecular flexibility index (Phi) is 1.96. The lowest BCUT2D eigenvalue weighted by molar-refractivity contribution is -0.156. The average molecular weight is 178 g/mol. The molecule has 0 aromatic carbocycles. The summed E-state index contributed by atoms with van der Waals surface area (Å²) in [6, 6.07) is 0. The maximum Gasteiger partial charge on any atom is 0.168 e. The lowest BCUT2D eigenvalue weighted by Crippen LogP contribution is -2.44. The Hall–Kier alpha value is -0.960. The summed E-state index contributed by atoms with van der Waals surface area (Å²) in [6.45, 7) is 7.12. The summed E-state index contributed by atoms with van der Waals surface area (Å²) in [5.41, 5.74) is -1.71. The second kappa shape index (κ2) is 2.51. The first-order chi connectivity index (χ1) is 5.79. The van der Waals surface area contributed by atoms with E-state index in [0.717, 1.165) is 0 Å². The van der Waals surface area contributed by atoms with Gasteiger partial charge in [0.15, 0.2) is 17.0 Å². The minimum atomic E-state index is -0.856. The van der Waals surface area contributed by atoms with Gasteiger partial charge in [0.05, 0.1) is 0 Å². The standard InChI is InChI=1S/C11H14O2/c1-7-10(5)11(6,8-2)13-9(3,4)12-10/h1-2H,3-6H3/t10-,11+. The zero-order valence-electron chi connectivity index (χ0n) is 8.47. The summed E-state index contributed by atoms with van der Waals surface area (Å²) in [7, 11) is 0. The van der Waals surface area contributed by atoms with Crippen LogP contribution in [0.2, 0.25) is 0 Å². The van der Waals surface area contributed by atoms with E-state index in [1.165, 1.54) is 0 Å². The van der Waals surface area contributed by atoms with Crippen molar-refractivity contribution in [2.45, 2.75) is 44.7 Å². The van der Waals surface area contributed by atoms with Gasteiger partial charge in [0.1, 0.15) is 0 Å². The number of hydrogen-bond acceptors (Lipinski definition) is 2. The van der Waals surface area contributed by atoms with Crippen LogP contribution >= 0.6 is 0 Å². The molecule has 1 fully saturated rings. The maximum atomic E-state index is 5.59. The third kappa shape index (κ3) is 1.33. The van der Waals surface area contributed by atoms with Crippen LogP contribution in [0.25, 0.3) is 0 Å².